The van der Waals surface area contributed by atoms with Gasteiger partial charge in [0.2, 0.25) is 11.8 Å². The summed E-state index contributed by atoms with van der Waals surface area (Å²) < 4.78 is 0. The van der Waals surface area contributed by atoms with Crippen molar-refractivity contribution in [1.82, 2.24) is 5.32 Å². The van der Waals surface area contributed by atoms with Gasteiger partial charge in [-0.05, 0) is 44.4 Å². The molecule has 2 aliphatic carbocycles. The number of nitrogens with two attached hydrogens (primary N) is 2. The van der Waals surface area contributed by atoms with Gasteiger partial charge in [0.05, 0.1) is 0 Å². The number of hydrogen-bond acceptors (Lipinski definition) is 3. The summed E-state index contributed by atoms with van der Waals surface area (Å²) in [5.41, 5.74) is 11.3. The van der Waals surface area contributed by atoms with Crippen molar-refractivity contribution >= 4 is 24.2 Å². The molecule has 0 unspecified atom stereocenters. The molecule has 5 nitrogen and oxygen atoms in total. The lowest BCUT2D eigenvalue weighted by Gasteiger charge is -2.28. The van der Waals surface area contributed by atoms with E-state index in [2.05, 4.69) is 5.32 Å². The number of carbonyl (C=O) groups is 2. The Labute approximate surface area is 126 Å². The van der Waals surface area contributed by atoms with E-state index in [0.29, 0.717) is 12.3 Å². The van der Waals surface area contributed by atoms with Crippen LogP contribution in [0.3, 0.4) is 0 Å². The maximum absolute atomic E-state index is 12.0. The van der Waals surface area contributed by atoms with E-state index in [1.165, 1.54) is 0 Å². The molecule has 2 saturated carbocycles. The monoisotopic (exact) mass is 303 g/mol. The summed E-state index contributed by atoms with van der Waals surface area (Å²) in [6.45, 7) is 0. The fraction of sp³-hybridized carbons (Fsp3) is 0.857. The number of rotatable bonds is 4. The molecule has 2 fully saturated rings. The van der Waals surface area contributed by atoms with Crippen LogP contribution in [0.1, 0.15) is 51.4 Å². The second-order valence-corrected chi connectivity index (χ2v) is 6.08. The highest BCUT2D eigenvalue weighted by Crippen LogP contribution is 2.27. The topological polar surface area (TPSA) is 98.2 Å². The zero-order valence-corrected chi connectivity index (χ0v) is 12.7. The summed E-state index contributed by atoms with van der Waals surface area (Å²) in [6.07, 6.45) is 7.11. The standard InChI is InChI=1S/C14H25N3O2.ClH/c15-12-3-1-2-10(12)8-13(18)17-11-6-4-9(5-7-11)14(16)19;/h9-12H,1-8,15H2,(H2,16,19)(H,17,18);1H/t9?,10-,11?,12+;/m0./s1. The molecule has 20 heavy (non-hydrogen) atoms. The molecular formula is C14H26ClN3O2. The average Bonchev–Trinajstić information content (AvgIpc) is 2.75. The average molecular weight is 304 g/mol. The van der Waals surface area contributed by atoms with Gasteiger partial charge in [-0.1, -0.05) is 6.42 Å². The van der Waals surface area contributed by atoms with Crippen molar-refractivity contribution < 1.29 is 9.59 Å². The molecule has 0 radical (unpaired) electrons. The third kappa shape index (κ3) is 4.63. The van der Waals surface area contributed by atoms with Crippen molar-refractivity contribution in [1.29, 1.82) is 0 Å². The molecule has 0 aromatic heterocycles. The Morgan fingerprint density at radius 2 is 1.70 bits per heavy atom. The third-order valence-electron chi connectivity index (χ3n) is 4.66. The van der Waals surface area contributed by atoms with Crippen molar-refractivity contribution in [3.05, 3.63) is 0 Å². The number of primary amides is 1. The molecular weight excluding hydrogens is 278 g/mol. The lowest BCUT2D eigenvalue weighted by Crippen LogP contribution is -2.41. The van der Waals surface area contributed by atoms with Gasteiger partial charge in [0.1, 0.15) is 0 Å². The molecule has 2 atom stereocenters. The van der Waals surface area contributed by atoms with Crippen LogP contribution in [-0.2, 0) is 9.59 Å². The van der Waals surface area contributed by atoms with Crippen LogP contribution in [0.4, 0.5) is 0 Å². The molecule has 0 heterocycles. The number of nitrogens with one attached hydrogen (secondary N) is 1. The van der Waals surface area contributed by atoms with Gasteiger partial charge in [-0.15, -0.1) is 12.4 Å². The quantitative estimate of drug-likeness (QED) is 0.725. The fourth-order valence-electron chi connectivity index (χ4n) is 3.37. The summed E-state index contributed by atoms with van der Waals surface area (Å²) in [5, 5.41) is 3.08. The molecule has 0 spiro atoms. The van der Waals surface area contributed by atoms with Gasteiger partial charge >= 0.3 is 0 Å². The summed E-state index contributed by atoms with van der Waals surface area (Å²) in [6, 6.07) is 0.400. The molecule has 2 aliphatic rings. The van der Waals surface area contributed by atoms with E-state index in [-0.39, 0.29) is 42.2 Å². The summed E-state index contributed by atoms with van der Waals surface area (Å²) >= 11 is 0. The highest BCUT2D eigenvalue weighted by atomic mass is 35.5. The van der Waals surface area contributed by atoms with Crippen LogP contribution in [0.25, 0.3) is 0 Å². The molecule has 0 aliphatic heterocycles. The fourth-order valence-corrected chi connectivity index (χ4v) is 3.37. The Kier molecular flexibility index (Phi) is 6.76. The van der Waals surface area contributed by atoms with Gasteiger partial charge in [-0.25, -0.2) is 0 Å². The van der Waals surface area contributed by atoms with Crippen LogP contribution in [-0.4, -0.2) is 23.9 Å². The maximum atomic E-state index is 12.0. The molecule has 0 aromatic carbocycles. The first-order valence-corrected chi connectivity index (χ1v) is 7.40. The summed E-state index contributed by atoms with van der Waals surface area (Å²) in [4.78, 5) is 23.0. The number of hydrogen-bond donors (Lipinski definition) is 3. The number of halogens is 1. The predicted octanol–water partition coefficient (Wildman–Crippen LogP) is 1.09. The minimum Gasteiger partial charge on any atom is -0.369 e. The Morgan fingerprint density at radius 1 is 1.05 bits per heavy atom. The van der Waals surface area contributed by atoms with Crippen LogP contribution >= 0.6 is 12.4 Å². The number of carbonyl (C=O) groups excluding carboxylic acids is 2. The lowest BCUT2D eigenvalue weighted by atomic mass is 9.85. The van der Waals surface area contributed by atoms with Crippen LogP contribution in [0.2, 0.25) is 0 Å². The van der Waals surface area contributed by atoms with Crippen LogP contribution in [0.15, 0.2) is 0 Å². The minimum atomic E-state index is -0.207. The molecule has 0 saturated heterocycles. The number of amides is 2. The maximum Gasteiger partial charge on any atom is 0.220 e. The van der Waals surface area contributed by atoms with E-state index in [9.17, 15) is 9.59 Å². The van der Waals surface area contributed by atoms with Crippen LogP contribution < -0.4 is 16.8 Å². The minimum absolute atomic E-state index is 0. The summed E-state index contributed by atoms with van der Waals surface area (Å²) in [7, 11) is 0. The van der Waals surface area contributed by atoms with E-state index in [1.54, 1.807) is 0 Å². The Bertz CT molecular complexity index is 343. The van der Waals surface area contributed by atoms with Crippen molar-refractivity contribution in [2.24, 2.45) is 23.3 Å². The van der Waals surface area contributed by atoms with Gasteiger partial charge in [0.25, 0.3) is 0 Å². The second-order valence-electron chi connectivity index (χ2n) is 6.08. The van der Waals surface area contributed by atoms with Gasteiger partial charge < -0.3 is 16.8 Å². The predicted molar refractivity (Wildman–Crippen MR) is 80.3 cm³/mol. The molecule has 6 heteroatoms. The molecule has 2 amide bonds. The zero-order chi connectivity index (χ0) is 13.8. The van der Waals surface area contributed by atoms with E-state index in [0.717, 1.165) is 44.9 Å². The molecule has 0 bridgehead atoms. The third-order valence-corrected chi connectivity index (χ3v) is 4.66. The molecule has 0 aromatic rings. The smallest absolute Gasteiger partial charge is 0.220 e. The van der Waals surface area contributed by atoms with Crippen molar-refractivity contribution in [3.63, 3.8) is 0 Å². The van der Waals surface area contributed by atoms with Gasteiger partial charge in [-0.2, -0.15) is 0 Å². The lowest BCUT2D eigenvalue weighted by molar-refractivity contribution is -0.123. The molecule has 2 rings (SSSR count). The van der Waals surface area contributed by atoms with E-state index in [1.807, 2.05) is 0 Å². The van der Waals surface area contributed by atoms with E-state index < -0.39 is 0 Å². The summed E-state index contributed by atoms with van der Waals surface area (Å²) in [5.74, 6) is 0.255. The van der Waals surface area contributed by atoms with Crippen molar-refractivity contribution in [2.45, 2.75) is 63.5 Å². The largest absolute Gasteiger partial charge is 0.369 e. The Morgan fingerprint density at radius 3 is 2.20 bits per heavy atom. The Hall–Kier alpha value is -0.810. The first-order chi connectivity index (χ1) is 9.06. The second kappa shape index (κ2) is 7.84. The van der Waals surface area contributed by atoms with Crippen molar-refractivity contribution in [2.75, 3.05) is 0 Å². The zero-order valence-electron chi connectivity index (χ0n) is 11.8. The Balaban J connectivity index is 0.00000200. The van der Waals surface area contributed by atoms with Gasteiger partial charge in [0, 0.05) is 24.4 Å². The van der Waals surface area contributed by atoms with Crippen molar-refractivity contribution in [3.8, 4) is 0 Å². The highest BCUT2D eigenvalue weighted by molar-refractivity contribution is 5.85. The first kappa shape index (κ1) is 17.2. The molecule has 5 N–H and O–H groups in total. The van der Waals surface area contributed by atoms with Gasteiger partial charge in [-0.3, -0.25) is 9.59 Å². The molecule has 116 valence electrons. The normalized spacial score (nSPS) is 33.2. The SMILES string of the molecule is Cl.NC(=O)C1CCC(NC(=O)C[C@@H]2CCC[C@H]2N)CC1. The van der Waals surface area contributed by atoms with Gasteiger partial charge in [0.15, 0.2) is 0 Å². The first-order valence-electron chi connectivity index (χ1n) is 7.40. The van der Waals surface area contributed by atoms with Crippen LogP contribution in [0.5, 0.6) is 0 Å². The van der Waals surface area contributed by atoms with E-state index in [4.69, 9.17) is 11.5 Å². The van der Waals surface area contributed by atoms with E-state index >= 15 is 0 Å². The van der Waals surface area contributed by atoms with Crippen LogP contribution in [0, 0.1) is 11.8 Å². The highest BCUT2D eigenvalue weighted by Gasteiger charge is 2.29.